The molecule has 1 aliphatic carbocycles. The second kappa shape index (κ2) is 7.51. The van der Waals surface area contributed by atoms with E-state index in [2.05, 4.69) is 4.98 Å². The molecule has 1 saturated carbocycles. The van der Waals surface area contributed by atoms with E-state index in [-0.39, 0.29) is 29.7 Å². The molecule has 1 N–H and O–H groups in total. The lowest BCUT2D eigenvalue weighted by Crippen LogP contribution is -2.63. The summed E-state index contributed by atoms with van der Waals surface area (Å²) in [6.07, 6.45) is 7.42. The molecule has 3 aliphatic rings. The number of amides is 2. The number of hydrogen-bond acceptors (Lipinski definition) is 5. The zero-order valence-corrected chi connectivity index (χ0v) is 16.0. The molecule has 1 atom stereocenters. The number of piperidine rings is 1. The highest BCUT2D eigenvalue weighted by Gasteiger charge is 2.53. The molecule has 3 heterocycles. The van der Waals surface area contributed by atoms with Crippen molar-refractivity contribution in [1.29, 1.82) is 5.26 Å². The fraction of sp³-hybridized carbons (Fsp3) is 0.619. The number of carbonyl (C=O) groups is 2. The maximum atomic E-state index is 13.6. The Bertz CT molecular complexity index is 795. The van der Waals surface area contributed by atoms with Crippen LogP contribution in [0.15, 0.2) is 18.3 Å². The zero-order chi connectivity index (χ0) is 19.7. The Balaban J connectivity index is 1.57. The normalized spacial score (nSPS) is 30.5. The minimum atomic E-state index is -0.751. The predicted molar refractivity (Wildman–Crippen MR) is 101 cm³/mol. The number of hydrogen-bond donors (Lipinski definition) is 1. The van der Waals surface area contributed by atoms with Gasteiger partial charge in [-0.15, -0.1) is 0 Å². The second-order valence-corrected chi connectivity index (χ2v) is 8.20. The number of rotatable bonds is 2. The first kappa shape index (κ1) is 18.9. The number of carbonyl (C=O) groups excluding carboxylic acids is 2. The number of nitrogens with zero attached hydrogens (tertiary/aromatic N) is 4. The van der Waals surface area contributed by atoms with E-state index in [0.29, 0.717) is 24.9 Å². The summed E-state index contributed by atoms with van der Waals surface area (Å²) < 4.78 is 0. The third-order valence-corrected chi connectivity index (χ3v) is 6.61. The number of likely N-dealkylation sites (tertiary alicyclic amines) is 2. The molecule has 1 spiro atoms. The average Bonchev–Trinajstić information content (AvgIpc) is 3.15. The molecule has 4 rings (SSSR count). The molecule has 0 bridgehead atoms. The standard InChI is InChI=1S/C21H26N4O3/c22-13-16-4-3-15(14-23-16)19(27)25-12-2-10-21(25)9-1-11-24(20(21)28)17-5-7-18(26)8-6-17/h3-4,14,17-18,26H,1-2,5-12H2. The van der Waals surface area contributed by atoms with Gasteiger partial charge in [-0.05, 0) is 63.5 Å². The van der Waals surface area contributed by atoms with Crippen molar-refractivity contribution in [3.63, 3.8) is 0 Å². The van der Waals surface area contributed by atoms with Crippen molar-refractivity contribution in [2.75, 3.05) is 13.1 Å². The molecule has 1 aromatic rings. The van der Waals surface area contributed by atoms with Crippen LogP contribution >= 0.6 is 0 Å². The molecule has 2 aliphatic heterocycles. The van der Waals surface area contributed by atoms with Gasteiger partial charge in [-0.1, -0.05) is 0 Å². The van der Waals surface area contributed by atoms with Crippen LogP contribution in [0.5, 0.6) is 0 Å². The van der Waals surface area contributed by atoms with Crippen LogP contribution in [-0.2, 0) is 4.79 Å². The van der Waals surface area contributed by atoms with Crippen molar-refractivity contribution in [2.24, 2.45) is 0 Å². The van der Waals surface area contributed by atoms with Gasteiger partial charge in [-0.3, -0.25) is 9.59 Å². The van der Waals surface area contributed by atoms with E-state index >= 15 is 0 Å². The van der Waals surface area contributed by atoms with E-state index in [9.17, 15) is 14.7 Å². The van der Waals surface area contributed by atoms with Crippen LogP contribution in [0.4, 0.5) is 0 Å². The third-order valence-electron chi connectivity index (χ3n) is 6.61. The number of pyridine rings is 1. The molecular formula is C21H26N4O3. The van der Waals surface area contributed by atoms with Crippen LogP contribution in [0.25, 0.3) is 0 Å². The molecule has 3 fully saturated rings. The Labute approximate surface area is 165 Å². The van der Waals surface area contributed by atoms with Crippen molar-refractivity contribution in [3.8, 4) is 6.07 Å². The molecular weight excluding hydrogens is 356 g/mol. The van der Waals surface area contributed by atoms with Gasteiger partial charge in [-0.2, -0.15) is 5.26 Å². The molecule has 28 heavy (non-hydrogen) atoms. The van der Waals surface area contributed by atoms with Gasteiger partial charge in [0, 0.05) is 25.3 Å². The predicted octanol–water partition coefficient (Wildman–Crippen LogP) is 1.85. The second-order valence-electron chi connectivity index (χ2n) is 8.20. The molecule has 2 saturated heterocycles. The topological polar surface area (TPSA) is 97.5 Å². The highest BCUT2D eigenvalue weighted by atomic mass is 16.3. The van der Waals surface area contributed by atoms with Crippen LogP contribution in [0.2, 0.25) is 0 Å². The van der Waals surface area contributed by atoms with Gasteiger partial charge in [0.2, 0.25) is 5.91 Å². The summed E-state index contributed by atoms with van der Waals surface area (Å²) in [5.74, 6) is -0.101. The fourth-order valence-electron chi connectivity index (χ4n) is 5.14. The van der Waals surface area contributed by atoms with Gasteiger partial charge in [0.25, 0.3) is 5.91 Å². The van der Waals surface area contributed by atoms with E-state index in [1.165, 1.54) is 12.3 Å². The van der Waals surface area contributed by atoms with E-state index in [1.807, 2.05) is 11.0 Å². The highest BCUT2D eigenvalue weighted by molar-refractivity contribution is 6.00. The molecule has 7 nitrogen and oxygen atoms in total. The largest absolute Gasteiger partial charge is 0.393 e. The van der Waals surface area contributed by atoms with E-state index < -0.39 is 5.54 Å². The minimum Gasteiger partial charge on any atom is -0.393 e. The lowest BCUT2D eigenvalue weighted by molar-refractivity contribution is -0.149. The summed E-state index contributed by atoms with van der Waals surface area (Å²) in [5, 5.41) is 18.7. The highest BCUT2D eigenvalue weighted by Crippen LogP contribution is 2.41. The van der Waals surface area contributed by atoms with Crippen LogP contribution in [0, 0.1) is 11.3 Å². The molecule has 1 unspecified atom stereocenters. The van der Waals surface area contributed by atoms with Gasteiger partial charge in [0.05, 0.1) is 11.7 Å². The summed E-state index contributed by atoms with van der Waals surface area (Å²) in [6, 6.07) is 5.28. The quantitative estimate of drug-likeness (QED) is 0.842. The van der Waals surface area contributed by atoms with Crippen molar-refractivity contribution in [3.05, 3.63) is 29.6 Å². The fourth-order valence-corrected chi connectivity index (χ4v) is 5.14. The Morgan fingerprint density at radius 2 is 1.89 bits per heavy atom. The van der Waals surface area contributed by atoms with Gasteiger partial charge in [0.15, 0.2) is 0 Å². The lowest BCUT2D eigenvalue weighted by atomic mass is 9.82. The smallest absolute Gasteiger partial charge is 0.256 e. The summed E-state index contributed by atoms with van der Waals surface area (Å²) in [5.41, 5.74) is -0.0580. The number of nitriles is 1. The van der Waals surface area contributed by atoms with Crippen molar-refractivity contribution < 1.29 is 14.7 Å². The maximum Gasteiger partial charge on any atom is 0.256 e. The first-order valence-corrected chi connectivity index (χ1v) is 10.2. The monoisotopic (exact) mass is 382 g/mol. The van der Waals surface area contributed by atoms with E-state index in [0.717, 1.165) is 45.1 Å². The lowest BCUT2D eigenvalue weighted by Gasteiger charge is -2.48. The zero-order valence-electron chi connectivity index (χ0n) is 16.0. The van der Waals surface area contributed by atoms with Gasteiger partial charge in [-0.25, -0.2) is 4.98 Å². The van der Waals surface area contributed by atoms with E-state index in [4.69, 9.17) is 5.26 Å². The summed E-state index contributed by atoms with van der Waals surface area (Å²) in [4.78, 5) is 34.5. The Hall–Kier alpha value is -2.46. The molecule has 0 radical (unpaired) electrons. The molecule has 0 aromatic carbocycles. The van der Waals surface area contributed by atoms with Crippen molar-refractivity contribution >= 4 is 11.8 Å². The number of aromatic nitrogens is 1. The van der Waals surface area contributed by atoms with Gasteiger partial charge >= 0.3 is 0 Å². The molecule has 2 amide bonds. The minimum absolute atomic E-state index is 0.0765. The Kier molecular flexibility index (Phi) is 5.07. The maximum absolute atomic E-state index is 13.6. The first-order valence-electron chi connectivity index (χ1n) is 10.2. The summed E-state index contributed by atoms with van der Waals surface area (Å²) >= 11 is 0. The van der Waals surface area contributed by atoms with Crippen molar-refractivity contribution in [2.45, 2.75) is 69.1 Å². The molecule has 7 heteroatoms. The molecule has 1 aromatic heterocycles. The Morgan fingerprint density at radius 1 is 1.18 bits per heavy atom. The van der Waals surface area contributed by atoms with Crippen LogP contribution in [0.3, 0.4) is 0 Å². The molecule has 148 valence electrons. The Morgan fingerprint density at radius 3 is 2.54 bits per heavy atom. The van der Waals surface area contributed by atoms with Crippen molar-refractivity contribution in [1.82, 2.24) is 14.8 Å². The third kappa shape index (κ3) is 3.16. The number of aliphatic hydroxyl groups is 1. The van der Waals surface area contributed by atoms with Crippen LogP contribution in [-0.4, -0.2) is 62.5 Å². The summed E-state index contributed by atoms with van der Waals surface area (Å²) in [7, 11) is 0. The summed E-state index contributed by atoms with van der Waals surface area (Å²) in [6.45, 7) is 1.31. The first-order chi connectivity index (χ1) is 13.5. The van der Waals surface area contributed by atoms with E-state index in [1.54, 1.807) is 11.0 Å². The average molecular weight is 382 g/mol. The number of aliphatic hydroxyl groups excluding tert-OH is 1. The van der Waals surface area contributed by atoms with Gasteiger partial charge < -0.3 is 14.9 Å². The van der Waals surface area contributed by atoms with Gasteiger partial charge in [0.1, 0.15) is 17.3 Å². The SMILES string of the molecule is N#Cc1ccc(C(=O)N2CCCC23CCCN(C2CCC(O)CC2)C3=O)cn1. The van der Waals surface area contributed by atoms with Crippen LogP contribution < -0.4 is 0 Å². The van der Waals surface area contributed by atoms with Crippen LogP contribution in [0.1, 0.15) is 67.4 Å².